The van der Waals surface area contributed by atoms with E-state index in [0.717, 1.165) is 55.1 Å². The van der Waals surface area contributed by atoms with Crippen LogP contribution in [0.25, 0.3) is 0 Å². The lowest BCUT2D eigenvalue weighted by atomic mass is 9.62. The Bertz CT molecular complexity index is 877. The summed E-state index contributed by atoms with van der Waals surface area (Å²) in [5, 5.41) is 0.742. The van der Waals surface area contributed by atoms with Crippen molar-refractivity contribution >= 4 is 17.4 Å². The van der Waals surface area contributed by atoms with Crippen molar-refractivity contribution in [2.45, 2.75) is 64.0 Å². The largest absolute Gasteiger partial charge is 0.497 e. The summed E-state index contributed by atoms with van der Waals surface area (Å²) in [6.45, 7) is 6.80. The molecule has 0 amide bonds. The van der Waals surface area contributed by atoms with E-state index in [9.17, 15) is 18.0 Å². The van der Waals surface area contributed by atoms with Crippen molar-refractivity contribution in [1.82, 2.24) is 4.90 Å². The number of rotatable bonds is 5. The van der Waals surface area contributed by atoms with Gasteiger partial charge in [-0.15, -0.1) is 0 Å². The van der Waals surface area contributed by atoms with Crippen LogP contribution in [0.2, 0.25) is 5.02 Å². The van der Waals surface area contributed by atoms with Crippen molar-refractivity contribution in [3.8, 4) is 5.75 Å². The number of likely N-dealkylation sites (tertiary alicyclic amines) is 1. The maximum atomic E-state index is 12.8. The number of nitrogens with two attached hydrogens (primary N) is 1. The average molecular weight is 529 g/mol. The van der Waals surface area contributed by atoms with E-state index >= 15 is 0 Å². The average Bonchev–Trinajstić information content (AvgIpc) is 2.87. The normalized spacial score (nSPS) is 16.5. The quantitative estimate of drug-likeness (QED) is 0.448. The molecule has 0 unspecified atom stereocenters. The zero-order chi connectivity index (χ0) is 27.2. The van der Waals surface area contributed by atoms with Crippen LogP contribution in [0, 0.1) is 0 Å². The lowest BCUT2D eigenvalue weighted by Crippen LogP contribution is -2.48. The molecule has 4 nitrogen and oxygen atoms in total. The smallest absolute Gasteiger partial charge is 0.416 e. The number of ether oxygens (including phenoxy) is 1. The molecule has 0 bridgehead atoms. The minimum atomic E-state index is -4.27. The van der Waals surface area contributed by atoms with Gasteiger partial charge < -0.3 is 10.5 Å². The molecule has 0 radical (unpaired) electrons. The van der Waals surface area contributed by atoms with Crippen molar-refractivity contribution in [1.29, 1.82) is 0 Å². The second kappa shape index (κ2) is 15.9. The van der Waals surface area contributed by atoms with Gasteiger partial charge in [-0.05, 0) is 87.8 Å². The Hall–Kier alpha value is -2.09. The molecule has 0 spiro atoms. The standard InChI is InChI=1S/C17H22ClNO.C8H7F3O.C2H6.CH5N/c18-15-7-5-14(6-8-15)17(9-4-10-17)16(20)13-19-11-2-1-3-12-19;1-12-7-4-2-6(3-5-7)8(9,10)11;2*1-2/h5-8H,1-4,9-13H2;2-5H,1H3;1-2H3;2H2,1H3. The van der Waals surface area contributed by atoms with Crippen LogP contribution in [0.5, 0.6) is 5.75 Å². The SMILES string of the molecule is CC.CN.COc1ccc(C(F)(F)F)cc1.O=C(CN1CCCCC1)C1(c2ccc(Cl)cc2)CCC1. The molecule has 2 aromatic rings. The van der Waals surface area contributed by atoms with Crippen LogP contribution in [0.3, 0.4) is 0 Å². The summed E-state index contributed by atoms with van der Waals surface area (Å²) in [5.74, 6) is 0.830. The van der Waals surface area contributed by atoms with Gasteiger partial charge in [0.05, 0.1) is 24.6 Å². The maximum Gasteiger partial charge on any atom is 0.416 e. The molecule has 4 rings (SSSR count). The summed E-state index contributed by atoms with van der Waals surface area (Å²) in [4.78, 5) is 15.2. The molecule has 1 saturated carbocycles. The van der Waals surface area contributed by atoms with E-state index in [1.807, 2.05) is 38.1 Å². The van der Waals surface area contributed by atoms with E-state index in [1.165, 1.54) is 45.6 Å². The Labute approximate surface area is 219 Å². The molecule has 2 N–H and O–H groups in total. The predicted octanol–water partition coefficient (Wildman–Crippen LogP) is 7.13. The van der Waals surface area contributed by atoms with Gasteiger partial charge in [-0.25, -0.2) is 0 Å². The van der Waals surface area contributed by atoms with Gasteiger partial charge in [-0.1, -0.05) is 50.4 Å². The topological polar surface area (TPSA) is 55.6 Å². The second-order valence-electron chi connectivity index (χ2n) is 8.43. The summed E-state index contributed by atoms with van der Waals surface area (Å²) >= 11 is 5.96. The van der Waals surface area contributed by atoms with E-state index in [-0.39, 0.29) is 5.41 Å². The summed E-state index contributed by atoms with van der Waals surface area (Å²) in [7, 11) is 2.91. The van der Waals surface area contributed by atoms with Gasteiger partial charge in [0.15, 0.2) is 5.78 Å². The first-order chi connectivity index (χ1) is 17.2. The third-order valence-electron chi connectivity index (χ3n) is 6.37. The van der Waals surface area contributed by atoms with Gasteiger partial charge in [0.25, 0.3) is 0 Å². The third-order valence-corrected chi connectivity index (χ3v) is 6.62. The number of methoxy groups -OCH3 is 1. The molecule has 2 aromatic carbocycles. The van der Waals surface area contributed by atoms with Crippen LogP contribution in [-0.2, 0) is 16.4 Å². The van der Waals surface area contributed by atoms with Gasteiger partial charge in [0, 0.05) is 5.02 Å². The molecule has 1 aliphatic carbocycles. The molecule has 1 aliphatic heterocycles. The fraction of sp³-hybridized carbons (Fsp3) is 0.536. The summed E-state index contributed by atoms with van der Waals surface area (Å²) in [6.07, 6.45) is 2.68. The first-order valence-corrected chi connectivity index (χ1v) is 12.9. The third kappa shape index (κ3) is 9.09. The Balaban J connectivity index is 0.000000348. The highest BCUT2D eigenvalue weighted by atomic mass is 35.5. The molecule has 0 aromatic heterocycles. The van der Waals surface area contributed by atoms with Gasteiger partial charge in [0.2, 0.25) is 0 Å². The predicted molar refractivity (Wildman–Crippen MR) is 142 cm³/mol. The van der Waals surface area contributed by atoms with Crippen molar-refractivity contribution < 1.29 is 22.7 Å². The Kier molecular flexibility index (Phi) is 14.1. The summed E-state index contributed by atoms with van der Waals surface area (Å²) in [5.41, 5.74) is 4.78. The zero-order valence-corrected chi connectivity index (χ0v) is 22.6. The Morgan fingerprint density at radius 2 is 1.47 bits per heavy atom. The molecular weight excluding hydrogens is 489 g/mol. The Morgan fingerprint density at radius 1 is 0.944 bits per heavy atom. The molecule has 2 fully saturated rings. The molecule has 8 heteroatoms. The van der Waals surface area contributed by atoms with Gasteiger partial charge in [-0.3, -0.25) is 9.69 Å². The lowest BCUT2D eigenvalue weighted by molar-refractivity contribution is -0.137. The zero-order valence-electron chi connectivity index (χ0n) is 21.8. The molecule has 202 valence electrons. The lowest BCUT2D eigenvalue weighted by Gasteiger charge is -2.42. The minimum Gasteiger partial charge on any atom is -0.497 e. The first kappa shape index (κ1) is 31.9. The van der Waals surface area contributed by atoms with E-state index in [1.54, 1.807) is 0 Å². The highest BCUT2D eigenvalue weighted by Gasteiger charge is 2.45. The van der Waals surface area contributed by atoms with Gasteiger partial charge in [-0.2, -0.15) is 13.2 Å². The van der Waals surface area contributed by atoms with Crippen LogP contribution >= 0.6 is 11.6 Å². The molecule has 2 aliphatic rings. The molecular formula is C28H40ClF3N2O2. The number of hydrogen-bond donors (Lipinski definition) is 1. The highest BCUT2D eigenvalue weighted by molar-refractivity contribution is 6.30. The number of hydrogen-bond acceptors (Lipinski definition) is 4. The first-order valence-electron chi connectivity index (χ1n) is 12.6. The van der Waals surface area contributed by atoms with Crippen LogP contribution < -0.4 is 10.5 Å². The molecule has 0 atom stereocenters. The number of benzene rings is 2. The highest BCUT2D eigenvalue weighted by Crippen LogP contribution is 2.45. The van der Waals surface area contributed by atoms with E-state index in [4.69, 9.17) is 16.3 Å². The minimum absolute atomic E-state index is 0.220. The molecule has 1 saturated heterocycles. The number of piperidine rings is 1. The number of Topliss-reactive ketones (excluding diaryl/α,β-unsaturated/α-hetero) is 1. The summed E-state index contributed by atoms with van der Waals surface area (Å²) in [6, 6.07) is 12.4. The number of ketones is 1. The van der Waals surface area contributed by atoms with Crippen LogP contribution in [0.1, 0.15) is 63.5 Å². The van der Waals surface area contributed by atoms with E-state index < -0.39 is 11.7 Å². The van der Waals surface area contributed by atoms with Crippen LogP contribution in [-0.4, -0.2) is 44.5 Å². The number of carbonyl (C=O) groups excluding carboxylic acids is 1. The van der Waals surface area contributed by atoms with E-state index in [2.05, 4.69) is 10.6 Å². The fourth-order valence-electron chi connectivity index (χ4n) is 4.28. The van der Waals surface area contributed by atoms with E-state index in [0.29, 0.717) is 18.1 Å². The number of alkyl halides is 3. The number of halogens is 4. The molecule has 36 heavy (non-hydrogen) atoms. The van der Waals surface area contributed by atoms with Crippen molar-refractivity contribution in [2.24, 2.45) is 5.73 Å². The summed E-state index contributed by atoms with van der Waals surface area (Å²) < 4.78 is 40.7. The van der Waals surface area contributed by atoms with Crippen LogP contribution in [0.4, 0.5) is 13.2 Å². The second-order valence-corrected chi connectivity index (χ2v) is 8.87. The van der Waals surface area contributed by atoms with Crippen molar-refractivity contribution in [3.63, 3.8) is 0 Å². The van der Waals surface area contributed by atoms with Crippen molar-refractivity contribution in [3.05, 3.63) is 64.7 Å². The Morgan fingerprint density at radius 3 is 1.89 bits per heavy atom. The van der Waals surface area contributed by atoms with Crippen LogP contribution in [0.15, 0.2) is 48.5 Å². The van der Waals surface area contributed by atoms with Gasteiger partial charge >= 0.3 is 6.18 Å². The number of nitrogens with zero attached hydrogens (tertiary/aromatic N) is 1. The van der Waals surface area contributed by atoms with Gasteiger partial charge in [0.1, 0.15) is 5.75 Å². The molecule has 1 heterocycles. The maximum absolute atomic E-state index is 12.8. The monoisotopic (exact) mass is 528 g/mol. The number of carbonyl (C=O) groups is 1. The van der Waals surface area contributed by atoms with Crippen molar-refractivity contribution in [2.75, 3.05) is 33.8 Å². The fourth-order valence-corrected chi connectivity index (χ4v) is 4.41.